The number of hydrogen-bond acceptors (Lipinski definition) is 4. The zero-order chi connectivity index (χ0) is 31.7. The fourth-order valence-corrected chi connectivity index (χ4v) is 19.2. The predicted molar refractivity (Wildman–Crippen MR) is 189 cm³/mol. The van der Waals surface area contributed by atoms with E-state index >= 15 is 0 Å². The minimum Gasteiger partial charge on any atom is -0.463 e. The number of carbonyl (C=O) groups is 2. The second kappa shape index (κ2) is 25.4. The molecule has 0 amide bonds. The summed E-state index contributed by atoms with van der Waals surface area (Å²) >= 11 is 0. The minimum absolute atomic E-state index is 0.0327. The summed E-state index contributed by atoms with van der Waals surface area (Å²) in [5, 5.41) is 0. The molecule has 0 saturated heterocycles. The lowest BCUT2D eigenvalue weighted by Crippen LogP contribution is -2.50. The molecule has 0 spiro atoms. The van der Waals surface area contributed by atoms with Crippen molar-refractivity contribution in [3.63, 3.8) is 0 Å². The van der Waals surface area contributed by atoms with Gasteiger partial charge >= 0.3 is 11.9 Å². The molecule has 0 radical (unpaired) electrons. The normalized spacial score (nSPS) is 13.8. The van der Waals surface area contributed by atoms with Crippen molar-refractivity contribution in [2.24, 2.45) is 0 Å². The summed E-state index contributed by atoms with van der Waals surface area (Å²) in [4.78, 5) is 26.5. The van der Waals surface area contributed by atoms with Crippen LogP contribution in [-0.2, 0) is 19.1 Å². The van der Waals surface area contributed by atoms with Gasteiger partial charge in [-0.05, 0) is 12.8 Å². The molecule has 42 heavy (non-hydrogen) atoms. The maximum Gasteiger partial charge on any atom is 0.330 e. The first-order chi connectivity index (χ1) is 20.3. The lowest BCUT2D eigenvalue weighted by atomic mass is 10.3. The number of ether oxygens (including phenoxy) is 2. The summed E-state index contributed by atoms with van der Waals surface area (Å²) in [5.74, 6) is -0.712. The highest BCUT2D eigenvalue weighted by Gasteiger charge is 2.42. The van der Waals surface area contributed by atoms with Gasteiger partial charge in [-0.1, -0.05) is 182 Å². The average Bonchev–Trinajstić information content (AvgIpc) is 2.99. The molecule has 4 nitrogen and oxygen atoms in total. The van der Waals surface area contributed by atoms with Crippen molar-refractivity contribution in [3.05, 3.63) is 12.2 Å². The third kappa shape index (κ3) is 15.7. The van der Waals surface area contributed by atoms with Gasteiger partial charge in [-0.15, -0.1) is 0 Å². The van der Waals surface area contributed by atoms with Crippen LogP contribution in [0.15, 0.2) is 12.2 Å². The molecule has 2 atom stereocenters. The van der Waals surface area contributed by atoms with Crippen LogP contribution in [0.1, 0.15) is 158 Å². The van der Waals surface area contributed by atoms with Gasteiger partial charge in [-0.25, -0.2) is 9.59 Å². The third-order valence-electron chi connectivity index (χ3n) is 9.51. The van der Waals surface area contributed by atoms with Crippen LogP contribution >= 0.6 is 0 Å². The second-order valence-electron chi connectivity index (χ2n) is 13.1. The van der Waals surface area contributed by atoms with Crippen LogP contribution in [0.25, 0.3) is 0 Å². The summed E-state index contributed by atoms with van der Waals surface area (Å²) < 4.78 is 12.6. The first-order valence-electron chi connectivity index (χ1n) is 18.4. The zero-order valence-corrected chi connectivity index (χ0v) is 31.5. The molecule has 0 saturated carbocycles. The van der Waals surface area contributed by atoms with Crippen LogP contribution < -0.4 is 0 Å². The topological polar surface area (TPSA) is 52.6 Å². The van der Waals surface area contributed by atoms with Crippen molar-refractivity contribution in [1.29, 1.82) is 0 Å². The van der Waals surface area contributed by atoms with E-state index in [4.69, 9.17) is 9.47 Å². The van der Waals surface area contributed by atoms with Gasteiger partial charge in [0, 0.05) is 12.2 Å². The largest absolute Gasteiger partial charge is 0.463 e. The van der Waals surface area contributed by atoms with E-state index in [-0.39, 0.29) is 23.4 Å². The molecule has 0 N–H and O–H groups in total. The summed E-state index contributed by atoms with van der Waals surface area (Å²) in [6, 6.07) is 7.45. The smallest absolute Gasteiger partial charge is 0.330 e. The van der Waals surface area contributed by atoms with Crippen molar-refractivity contribution in [1.82, 2.24) is 0 Å². The summed E-state index contributed by atoms with van der Waals surface area (Å²) in [7, 11) is -3.63. The van der Waals surface area contributed by atoms with Crippen molar-refractivity contribution < 1.29 is 19.1 Å². The van der Waals surface area contributed by atoms with Crippen LogP contribution in [0.2, 0.25) is 36.3 Å². The Morgan fingerprint density at radius 1 is 0.452 bits per heavy atom. The average molecular weight is 625 g/mol. The van der Waals surface area contributed by atoms with Gasteiger partial charge < -0.3 is 9.47 Å². The quantitative estimate of drug-likeness (QED) is 0.0493. The SMILES string of the molecule is CCCC[Si](CCCC)(CCCC)C(CCC)OC(=O)/C=C\C(=O)OC(CCC)[Si](CCCC)(CCCC)CCCC. The van der Waals surface area contributed by atoms with E-state index in [1.165, 1.54) is 125 Å². The van der Waals surface area contributed by atoms with E-state index in [0.717, 1.165) is 25.7 Å². The van der Waals surface area contributed by atoms with Gasteiger partial charge in [0.1, 0.15) is 16.1 Å². The molecule has 0 rings (SSSR count). The van der Waals surface area contributed by atoms with Crippen molar-refractivity contribution in [3.8, 4) is 0 Å². The highest BCUT2D eigenvalue weighted by atomic mass is 28.3. The first-order valence-corrected chi connectivity index (χ1v) is 23.8. The standard InChI is InChI=1S/C36H72O4Si2/c1-9-17-27-41(28-18-10-2,29-19-11-3)35(23-15-7)39-33(37)25-26-34(38)40-36(24-16-8)42(30-20-12-4,31-21-13-5)32-22-14-6/h25-26,35-36H,9-24,27-32H2,1-8H3/b26-25-. The monoisotopic (exact) mass is 624 g/mol. The Balaban J connectivity index is 5.93. The van der Waals surface area contributed by atoms with Crippen LogP contribution in [-0.4, -0.2) is 39.5 Å². The van der Waals surface area contributed by atoms with Crippen molar-refractivity contribution in [2.45, 2.75) is 206 Å². The van der Waals surface area contributed by atoms with Gasteiger partial charge in [0.05, 0.1) is 11.5 Å². The number of unbranched alkanes of at least 4 members (excludes halogenated alkanes) is 6. The molecule has 0 aliphatic heterocycles. The molecule has 0 aromatic rings. The molecule has 0 aromatic carbocycles. The van der Waals surface area contributed by atoms with Gasteiger partial charge in [-0.2, -0.15) is 0 Å². The van der Waals surface area contributed by atoms with Crippen LogP contribution in [0.5, 0.6) is 0 Å². The van der Waals surface area contributed by atoms with E-state index in [1.807, 2.05) is 0 Å². The Morgan fingerprint density at radius 3 is 0.881 bits per heavy atom. The van der Waals surface area contributed by atoms with E-state index in [0.29, 0.717) is 0 Å². The Hall–Kier alpha value is -0.886. The molecule has 0 aliphatic carbocycles. The number of hydrogen-bond donors (Lipinski definition) is 0. The van der Waals surface area contributed by atoms with E-state index in [2.05, 4.69) is 55.4 Å². The molecule has 248 valence electrons. The van der Waals surface area contributed by atoms with Crippen molar-refractivity contribution in [2.75, 3.05) is 0 Å². The van der Waals surface area contributed by atoms with E-state index in [1.54, 1.807) is 0 Å². The molecule has 0 heterocycles. The lowest BCUT2D eigenvalue weighted by molar-refractivity contribution is -0.143. The lowest BCUT2D eigenvalue weighted by Gasteiger charge is -2.39. The molecule has 0 fully saturated rings. The fourth-order valence-electron chi connectivity index (χ4n) is 6.89. The maximum atomic E-state index is 13.2. The zero-order valence-electron chi connectivity index (χ0n) is 29.5. The predicted octanol–water partition coefficient (Wildman–Crippen LogP) is 11.7. The molecule has 0 aliphatic rings. The van der Waals surface area contributed by atoms with E-state index < -0.39 is 16.1 Å². The number of esters is 2. The van der Waals surface area contributed by atoms with Crippen LogP contribution in [0.4, 0.5) is 0 Å². The summed E-state index contributed by atoms with van der Waals surface area (Å²) in [6.45, 7) is 18.0. The maximum absolute atomic E-state index is 13.2. The summed E-state index contributed by atoms with van der Waals surface area (Å²) in [6.07, 6.45) is 21.1. The molecule has 0 aromatic heterocycles. The molecular weight excluding hydrogens is 553 g/mol. The van der Waals surface area contributed by atoms with Crippen LogP contribution in [0, 0.1) is 0 Å². The Labute approximate surface area is 264 Å². The van der Waals surface area contributed by atoms with Gasteiger partial charge in [0.2, 0.25) is 0 Å². The highest BCUT2D eigenvalue weighted by Crippen LogP contribution is 2.36. The molecule has 0 bridgehead atoms. The van der Waals surface area contributed by atoms with Crippen LogP contribution in [0.3, 0.4) is 0 Å². The first kappa shape index (κ1) is 41.1. The number of carbonyl (C=O) groups excluding carboxylic acids is 2. The number of rotatable bonds is 28. The van der Waals surface area contributed by atoms with E-state index in [9.17, 15) is 9.59 Å². The van der Waals surface area contributed by atoms with Gasteiger partial charge in [-0.3, -0.25) is 0 Å². The van der Waals surface area contributed by atoms with Crippen molar-refractivity contribution >= 4 is 28.1 Å². The molecular formula is C36H72O4Si2. The van der Waals surface area contributed by atoms with Gasteiger partial charge in [0.15, 0.2) is 0 Å². The molecule has 6 heteroatoms. The fraction of sp³-hybridized carbons (Fsp3) is 0.889. The highest BCUT2D eigenvalue weighted by molar-refractivity contribution is 6.81. The Bertz CT molecular complexity index is 607. The minimum atomic E-state index is -1.82. The molecule has 2 unspecified atom stereocenters. The van der Waals surface area contributed by atoms with Gasteiger partial charge in [0.25, 0.3) is 0 Å². The second-order valence-corrected chi connectivity index (χ2v) is 22.8. The third-order valence-corrected chi connectivity index (χ3v) is 21.2. The summed E-state index contributed by atoms with van der Waals surface area (Å²) in [5.41, 5.74) is 0.0655. The Kier molecular flexibility index (Phi) is 24.9. The Morgan fingerprint density at radius 2 is 0.690 bits per heavy atom.